The Morgan fingerprint density at radius 2 is 2.06 bits per heavy atom. The highest BCUT2D eigenvalue weighted by atomic mass is 32.2. The fraction of sp³-hybridized carbons (Fsp3) is 0.929. The van der Waals surface area contributed by atoms with E-state index in [1.807, 2.05) is 11.8 Å². The van der Waals surface area contributed by atoms with Gasteiger partial charge >= 0.3 is 0 Å². The van der Waals surface area contributed by atoms with E-state index in [1.54, 1.807) is 0 Å². The minimum atomic E-state index is -0.00868. The van der Waals surface area contributed by atoms with Crippen LogP contribution in [0.4, 0.5) is 0 Å². The van der Waals surface area contributed by atoms with Crippen molar-refractivity contribution in [1.82, 2.24) is 10.2 Å². The molecule has 0 aromatic heterocycles. The van der Waals surface area contributed by atoms with Gasteiger partial charge in [0, 0.05) is 24.9 Å². The second-order valence-corrected chi connectivity index (χ2v) is 6.91. The number of piperidine rings is 1. The molecule has 0 aromatic rings. The van der Waals surface area contributed by atoms with Crippen molar-refractivity contribution in [2.24, 2.45) is 0 Å². The van der Waals surface area contributed by atoms with Gasteiger partial charge in [0.15, 0.2) is 0 Å². The van der Waals surface area contributed by atoms with Crippen LogP contribution in [-0.4, -0.2) is 47.5 Å². The number of thioether (sulfide) groups is 1. The van der Waals surface area contributed by atoms with E-state index in [2.05, 4.69) is 17.1 Å². The summed E-state index contributed by atoms with van der Waals surface area (Å²) in [6.07, 6.45) is 7.66. The summed E-state index contributed by atoms with van der Waals surface area (Å²) in [5.41, 5.74) is 0. The van der Waals surface area contributed by atoms with E-state index < -0.39 is 0 Å². The summed E-state index contributed by atoms with van der Waals surface area (Å²) in [5.74, 6) is 1.59. The molecular formula is C14H26N2OS. The fourth-order valence-electron chi connectivity index (χ4n) is 2.75. The monoisotopic (exact) mass is 270 g/mol. The van der Waals surface area contributed by atoms with Crippen molar-refractivity contribution in [3.8, 4) is 0 Å². The Bertz CT molecular complexity index is 261. The largest absolute Gasteiger partial charge is 0.341 e. The van der Waals surface area contributed by atoms with Crippen molar-refractivity contribution < 1.29 is 4.79 Å². The maximum atomic E-state index is 12.2. The third kappa shape index (κ3) is 4.16. The van der Waals surface area contributed by atoms with Crippen LogP contribution in [0.2, 0.25) is 0 Å². The standard InChI is InChI=1S/C14H26N2OS/c1-12(14(17)16-8-4-2-5-9-16)15-11-13-7-3-6-10-18-13/h12-13,15H,2-11H2,1H3. The molecular weight excluding hydrogens is 244 g/mol. The van der Waals surface area contributed by atoms with Crippen LogP contribution in [0.5, 0.6) is 0 Å². The second kappa shape index (κ2) is 7.39. The van der Waals surface area contributed by atoms with E-state index in [9.17, 15) is 4.79 Å². The topological polar surface area (TPSA) is 32.3 Å². The van der Waals surface area contributed by atoms with Crippen LogP contribution in [0.25, 0.3) is 0 Å². The molecule has 0 radical (unpaired) electrons. The lowest BCUT2D eigenvalue weighted by molar-refractivity contribution is -0.133. The summed E-state index contributed by atoms with van der Waals surface area (Å²) >= 11 is 2.07. The molecule has 1 amide bonds. The molecule has 18 heavy (non-hydrogen) atoms. The van der Waals surface area contributed by atoms with E-state index in [0.29, 0.717) is 5.91 Å². The van der Waals surface area contributed by atoms with Crippen molar-refractivity contribution in [2.45, 2.75) is 56.7 Å². The number of hydrogen-bond donors (Lipinski definition) is 1. The van der Waals surface area contributed by atoms with E-state index in [-0.39, 0.29) is 6.04 Å². The van der Waals surface area contributed by atoms with Gasteiger partial charge in [-0.25, -0.2) is 0 Å². The molecule has 2 unspecified atom stereocenters. The van der Waals surface area contributed by atoms with E-state index in [0.717, 1.165) is 24.9 Å². The van der Waals surface area contributed by atoms with Gasteiger partial charge in [-0.2, -0.15) is 11.8 Å². The summed E-state index contributed by atoms with van der Waals surface area (Å²) in [6, 6.07) is -0.00868. The predicted octanol–water partition coefficient (Wildman–Crippen LogP) is 2.26. The molecule has 4 heteroatoms. The van der Waals surface area contributed by atoms with Crippen LogP contribution in [0, 0.1) is 0 Å². The Morgan fingerprint density at radius 3 is 2.72 bits per heavy atom. The van der Waals surface area contributed by atoms with Gasteiger partial charge in [-0.05, 0) is 44.8 Å². The number of likely N-dealkylation sites (tertiary alicyclic amines) is 1. The Labute approximate surface area is 115 Å². The molecule has 0 spiro atoms. The van der Waals surface area contributed by atoms with Gasteiger partial charge in [-0.1, -0.05) is 6.42 Å². The van der Waals surface area contributed by atoms with Crippen molar-refractivity contribution in [3.05, 3.63) is 0 Å². The number of amides is 1. The number of rotatable bonds is 4. The van der Waals surface area contributed by atoms with Crippen LogP contribution in [0.1, 0.15) is 45.4 Å². The smallest absolute Gasteiger partial charge is 0.239 e. The lowest BCUT2D eigenvalue weighted by atomic mass is 10.1. The Balaban J connectivity index is 1.69. The first-order valence-electron chi connectivity index (χ1n) is 7.41. The maximum Gasteiger partial charge on any atom is 0.239 e. The third-order valence-corrected chi connectivity index (χ3v) is 5.36. The molecule has 0 bridgehead atoms. The fourth-order valence-corrected chi connectivity index (χ4v) is 4.00. The molecule has 0 aliphatic carbocycles. The van der Waals surface area contributed by atoms with Crippen LogP contribution >= 0.6 is 11.8 Å². The molecule has 2 heterocycles. The number of carbonyl (C=O) groups is 1. The average molecular weight is 270 g/mol. The molecule has 2 aliphatic heterocycles. The van der Waals surface area contributed by atoms with Crippen molar-refractivity contribution in [2.75, 3.05) is 25.4 Å². The van der Waals surface area contributed by atoms with E-state index in [4.69, 9.17) is 0 Å². The normalized spacial score (nSPS) is 26.9. The summed E-state index contributed by atoms with van der Waals surface area (Å²) in [4.78, 5) is 14.3. The SMILES string of the molecule is CC(NCC1CCCCS1)C(=O)N1CCCCC1. The maximum absolute atomic E-state index is 12.2. The Hall–Kier alpha value is -0.220. The first kappa shape index (κ1) is 14.2. The van der Waals surface area contributed by atoms with Crippen LogP contribution in [0.15, 0.2) is 0 Å². The Kier molecular flexibility index (Phi) is 5.83. The van der Waals surface area contributed by atoms with Gasteiger partial charge in [-0.15, -0.1) is 0 Å². The molecule has 2 saturated heterocycles. The molecule has 0 aromatic carbocycles. The van der Waals surface area contributed by atoms with Crippen LogP contribution < -0.4 is 5.32 Å². The summed E-state index contributed by atoms with van der Waals surface area (Å²) in [6.45, 7) is 4.93. The van der Waals surface area contributed by atoms with Crippen LogP contribution in [0.3, 0.4) is 0 Å². The quantitative estimate of drug-likeness (QED) is 0.850. The highest BCUT2D eigenvalue weighted by molar-refractivity contribution is 7.99. The molecule has 2 aliphatic rings. The lowest BCUT2D eigenvalue weighted by Crippen LogP contribution is -2.48. The van der Waals surface area contributed by atoms with Gasteiger partial charge < -0.3 is 10.2 Å². The lowest BCUT2D eigenvalue weighted by Gasteiger charge is -2.30. The number of nitrogens with one attached hydrogen (secondary N) is 1. The molecule has 0 saturated carbocycles. The first-order chi connectivity index (χ1) is 8.77. The minimum absolute atomic E-state index is 0.00868. The van der Waals surface area contributed by atoms with Crippen molar-refractivity contribution in [1.29, 1.82) is 0 Å². The Morgan fingerprint density at radius 1 is 1.28 bits per heavy atom. The summed E-state index contributed by atoms with van der Waals surface area (Å²) < 4.78 is 0. The van der Waals surface area contributed by atoms with Gasteiger partial charge in [0.25, 0.3) is 0 Å². The van der Waals surface area contributed by atoms with Gasteiger partial charge in [0.05, 0.1) is 6.04 Å². The third-order valence-electron chi connectivity index (χ3n) is 3.96. The van der Waals surface area contributed by atoms with E-state index >= 15 is 0 Å². The number of hydrogen-bond acceptors (Lipinski definition) is 3. The highest BCUT2D eigenvalue weighted by Crippen LogP contribution is 2.24. The molecule has 3 nitrogen and oxygen atoms in total. The zero-order valence-electron chi connectivity index (χ0n) is 11.5. The highest BCUT2D eigenvalue weighted by Gasteiger charge is 2.23. The minimum Gasteiger partial charge on any atom is -0.341 e. The molecule has 1 N–H and O–H groups in total. The molecule has 2 fully saturated rings. The zero-order chi connectivity index (χ0) is 12.8. The number of nitrogens with zero attached hydrogens (tertiary/aromatic N) is 1. The van der Waals surface area contributed by atoms with Crippen molar-refractivity contribution >= 4 is 17.7 Å². The van der Waals surface area contributed by atoms with Crippen molar-refractivity contribution in [3.63, 3.8) is 0 Å². The van der Waals surface area contributed by atoms with Gasteiger partial charge in [0.1, 0.15) is 0 Å². The zero-order valence-corrected chi connectivity index (χ0v) is 12.3. The van der Waals surface area contributed by atoms with Gasteiger partial charge in [0.2, 0.25) is 5.91 Å². The van der Waals surface area contributed by atoms with Crippen LogP contribution in [-0.2, 0) is 4.79 Å². The predicted molar refractivity (Wildman–Crippen MR) is 78.0 cm³/mol. The summed E-state index contributed by atoms with van der Waals surface area (Å²) in [5, 5.41) is 4.16. The van der Waals surface area contributed by atoms with Gasteiger partial charge in [-0.3, -0.25) is 4.79 Å². The average Bonchev–Trinajstić information content (AvgIpc) is 2.46. The number of carbonyl (C=O) groups excluding carboxylic acids is 1. The first-order valence-corrected chi connectivity index (χ1v) is 8.46. The molecule has 2 atom stereocenters. The molecule has 104 valence electrons. The van der Waals surface area contributed by atoms with E-state index in [1.165, 1.54) is 44.3 Å². The second-order valence-electron chi connectivity index (χ2n) is 5.50. The summed E-state index contributed by atoms with van der Waals surface area (Å²) in [7, 11) is 0. The molecule has 2 rings (SSSR count).